The molecule has 1 aromatic heterocycles. The second-order valence-electron chi connectivity index (χ2n) is 4.83. The van der Waals surface area contributed by atoms with Crippen LogP contribution in [0.5, 0.6) is 0 Å². The molecule has 1 spiro atoms. The first-order valence-corrected chi connectivity index (χ1v) is 5.89. The molecule has 0 saturated carbocycles. The summed E-state index contributed by atoms with van der Waals surface area (Å²) in [7, 11) is 0. The van der Waals surface area contributed by atoms with Crippen LogP contribution in [-0.2, 0) is 4.74 Å². The largest absolute Gasteiger partial charge is 0.381 e. The van der Waals surface area contributed by atoms with E-state index in [4.69, 9.17) is 9.26 Å². The van der Waals surface area contributed by atoms with Crippen LogP contribution in [0.2, 0.25) is 0 Å². The summed E-state index contributed by atoms with van der Waals surface area (Å²) in [5.41, 5.74) is 0.286. The molecule has 0 amide bonds. The van der Waals surface area contributed by atoms with E-state index < -0.39 is 0 Å². The molecular formula is C11H17N3O2. The Kier molecular flexibility index (Phi) is 2.44. The van der Waals surface area contributed by atoms with Crippen LogP contribution in [0, 0.1) is 12.3 Å². The van der Waals surface area contributed by atoms with Gasteiger partial charge in [-0.25, -0.2) is 0 Å². The van der Waals surface area contributed by atoms with Crippen molar-refractivity contribution in [2.75, 3.05) is 26.3 Å². The summed E-state index contributed by atoms with van der Waals surface area (Å²) >= 11 is 0. The molecule has 2 saturated heterocycles. The lowest BCUT2D eigenvalue weighted by molar-refractivity contribution is 0.0151. The highest BCUT2D eigenvalue weighted by atomic mass is 16.5. The zero-order chi connectivity index (χ0) is 11.0. The van der Waals surface area contributed by atoms with Crippen molar-refractivity contribution in [3.05, 3.63) is 11.7 Å². The van der Waals surface area contributed by atoms with Gasteiger partial charge in [-0.05, 0) is 18.3 Å². The Bertz CT molecular complexity index is 371. The molecule has 1 aromatic rings. The van der Waals surface area contributed by atoms with Crippen molar-refractivity contribution in [2.45, 2.75) is 25.7 Å². The van der Waals surface area contributed by atoms with Crippen molar-refractivity contribution >= 4 is 0 Å². The minimum absolute atomic E-state index is 0.286. The number of ether oxygens (including phenoxy) is 1. The van der Waals surface area contributed by atoms with Crippen LogP contribution in [0.25, 0.3) is 0 Å². The standard InChI is InChI=1S/C11H17N3O2/c1-8-13-10(14-16-8)9-6-12-7-11(9)2-4-15-5-3-11/h9,12H,2-7H2,1H3. The van der Waals surface area contributed by atoms with Gasteiger partial charge >= 0.3 is 0 Å². The van der Waals surface area contributed by atoms with Gasteiger partial charge in [-0.2, -0.15) is 4.98 Å². The molecular weight excluding hydrogens is 206 g/mol. The predicted octanol–water partition coefficient (Wildman–Crippen LogP) is 0.862. The molecule has 0 radical (unpaired) electrons. The molecule has 16 heavy (non-hydrogen) atoms. The summed E-state index contributed by atoms with van der Waals surface area (Å²) in [6.07, 6.45) is 2.19. The van der Waals surface area contributed by atoms with Gasteiger partial charge in [-0.15, -0.1) is 0 Å². The van der Waals surface area contributed by atoms with E-state index in [0.29, 0.717) is 11.8 Å². The van der Waals surface area contributed by atoms with Crippen molar-refractivity contribution in [1.29, 1.82) is 0 Å². The minimum atomic E-state index is 0.286. The highest BCUT2D eigenvalue weighted by Gasteiger charge is 2.46. The van der Waals surface area contributed by atoms with Crippen LogP contribution in [0.4, 0.5) is 0 Å². The average molecular weight is 223 g/mol. The zero-order valence-corrected chi connectivity index (χ0v) is 9.53. The van der Waals surface area contributed by atoms with E-state index in [1.165, 1.54) is 0 Å². The second-order valence-corrected chi connectivity index (χ2v) is 4.83. The van der Waals surface area contributed by atoms with Gasteiger partial charge in [0, 0.05) is 39.1 Å². The first-order chi connectivity index (χ1) is 7.80. The van der Waals surface area contributed by atoms with Gasteiger partial charge in [-0.1, -0.05) is 5.16 Å². The van der Waals surface area contributed by atoms with E-state index in [0.717, 1.165) is 45.0 Å². The maximum atomic E-state index is 5.45. The molecule has 2 aliphatic heterocycles. The van der Waals surface area contributed by atoms with Gasteiger partial charge in [0.05, 0.1) is 0 Å². The van der Waals surface area contributed by atoms with Gasteiger partial charge in [0.25, 0.3) is 0 Å². The van der Waals surface area contributed by atoms with E-state index in [-0.39, 0.29) is 5.41 Å². The molecule has 1 unspecified atom stereocenters. The Morgan fingerprint density at radius 3 is 2.88 bits per heavy atom. The van der Waals surface area contributed by atoms with E-state index >= 15 is 0 Å². The fraction of sp³-hybridized carbons (Fsp3) is 0.818. The van der Waals surface area contributed by atoms with E-state index in [2.05, 4.69) is 15.5 Å². The molecule has 1 atom stereocenters. The van der Waals surface area contributed by atoms with E-state index in [1.54, 1.807) is 0 Å². The van der Waals surface area contributed by atoms with Gasteiger partial charge in [0.1, 0.15) is 0 Å². The molecule has 0 aliphatic carbocycles. The van der Waals surface area contributed by atoms with E-state index in [9.17, 15) is 0 Å². The number of rotatable bonds is 1. The first-order valence-electron chi connectivity index (χ1n) is 5.89. The van der Waals surface area contributed by atoms with Gasteiger partial charge in [0.15, 0.2) is 5.82 Å². The molecule has 1 N–H and O–H groups in total. The fourth-order valence-electron chi connectivity index (χ4n) is 2.93. The number of nitrogens with zero attached hydrogens (tertiary/aromatic N) is 2. The Morgan fingerprint density at radius 2 is 2.19 bits per heavy atom. The third-order valence-electron chi connectivity index (χ3n) is 3.91. The van der Waals surface area contributed by atoms with E-state index in [1.807, 2.05) is 6.92 Å². The summed E-state index contributed by atoms with van der Waals surface area (Å²) in [4.78, 5) is 4.38. The molecule has 2 aliphatic rings. The number of hydrogen-bond acceptors (Lipinski definition) is 5. The van der Waals surface area contributed by atoms with Crippen molar-refractivity contribution in [3.8, 4) is 0 Å². The minimum Gasteiger partial charge on any atom is -0.381 e. The van der Waals surface area contributed by atoms with Gasteiger partial charge in [-0.3, -0.25) is 0 Å². The summed E-state index contributed by atoms with van der Waals surface area (Å²) in [6, 6.07) is 0. The van der Waals surface area contributed by atoms with Crippen molar-refractivity contribution in [2.24, 2.45) is 5.41 Å². The third-order valence-corrected chi connectivity index (χ3v) is 3.91. The number of nitrogens with one attached hydrogen (secondary N) is 1. The molecule has 5 nitrogen and oxygen atoms in total. The normalized spacial score (nSPS) is 28.7. The summed E-state index contributed by atoms with van der Waals surface area (Å²) in [6.45, 7) is 5.56. The molecule has 0 bridgehead atoms. The molecule has 0 aromatic carbocycles. The number of hydrogen-bond donors (Lipinski definition) is 1. The molecule has 5 heteroatoms. The van der Waals surface area contributed by atoms with Crippen LogP contribution in [0.15, 0.2) is 4.52 Å². The van der Waals surface area contributed by atoms with Crippen LogP contribution in [-0.4, -0.2) is 36.4 Å². The Balaban J connectivity index is 1.88. The lowest BCUT2D eigenvalue weighted by atomic mass is 9.72. The van der Waals surface area contributed by atoms with Gasteiger partial charge in [0.2, 0.25) is 5.89 Å². The number of aromatic nitrogens is 2. The molecule has 88 valence electrons. The molecule has 2 fully saturated rings. The summed E-state index contributed by atoms with van der Waals surface area (Å²) in [5.74, 6) is 1.90. The van der Waals surface area contributed by atoms with Crippen LogP contribution in [0.1, 0.15) is 30.5 Å². The molecule has 3 rings (SSSR count). The summed E-state index contributed by atoms with van der Waals surface area (Å²) in [5, 5.41) is 7.54. The summed E-state index contributed by atoms with van der Waals surface area (Å²) < 4.78 is 10.5. The fourth-order valence-corrected chi connectivity index (χ4v) is 2.93. The van der Waals surface area contributed by atoms with Crippen LogP contribution >= 0.6 is 0 Å². The smallest absolute Gasteiger partial charge is 0.223 e. The highest BCUT2D eigenvalue weighted by Crippen LogP contribution is 2.45. The SMILES string of the molecule is Cc1nc(C2CNCC23CCOCC3)no1. The maximum absolute atomic E-state index is 5.45. The Labute approximate surface area is 94.6 Å². The number of aryl methyl sites for hydroxylation is 1. The Morgan fingerprint density at radius 1 is 1.38 bits per heavy atom. The Hall–Kier alpha value is -0.940. The second kappa shape index (κ2) is 3.82. The first kappa shape index (κ1) is 10.2. The topological polar surface area (TPSA) is 60.2 Å². The maximum Gasteiger partial charge on any atom is 0.223 e. The lowest BCUT2D eigenvalue weighted by Gasteiger charge is -2.36. The van der Waals surface area contributed by atoms with Gasteiger partial charge < -0.3 is 14.6 Å². The highest BCUT2D eigenvalue weighted by molar-refractivity contribution is 5.10. The van der Waals surface area contributed by atoms with Crippen molar-refractivity contribution in [3.63, 3.8) is 0 Å². The quantitative estimate of drug-likeness (QED) is 0.765. The van der Waals surface area contributed by atoms with Crippen molar-refractivity contribution in [1.82, 2.24) is 15.5 Å². The zero-order valence-electron chi connectivity index (χ0n) is 9.53. The predicted molar refractivity (Wildman–Crippen MR) is 57.1 cm³/mol. The van der Waals surface area contributed by atoms with Crippen molar-refractivity contribution < 1.29 is 9.26 Å². The van der Waals surface area contributed by atoms with Crippen LogP contribution in [0.3, 0.4) is 0 Å². The van der Waals surface area contributed by atoms with Crippen LogP contribution < -0.4 is 5.32 Å². The average Bonchev–Trinajstić information content (AvgIpc) is 2.87. The lowest BCUT2D eigenvalue weighted by Crippen LogP contribution is -2.36. The monoisotopic (exact) mass is 223 g/mol. The molecule has 3 heterocycles. The third kappa shape index (κ3) is 1.55.